The fraction of sp³-hybridized carbons (Fsp3) is 0.829. The van der Waals surface area contributed by atoms with E-state index in [1.807, 2.05) is 13.8 Å². The molecule has 1 unspecified atom stereocenters. The van der Waals surface area contributed by atoms with Crippen LogP contribution in [0, 0.1) is 17.3 Å². The van der Waals surface area contributed by atoms with Gasteiger partial charge in [-0.15, -0.1) is 0 Å². The van der Waals surface area contributed by atoms with Gasteiger partial charge in [0.15, 0.2) is 0 Å². The van der Waals surface area contributed by atoms with Crippen LogP contribution < -0.4 is 10.6 Å². The van der Waals surface area contributed by atoms with Crippen LogP contribution in [0.3, 0.4) is 0 Å². The summed E-state index contributed by atoms with van der Waals surface area (Å²) < 4.78 is 0. The molecule has 2 saturated heterocycles. The molecule has 0 bridgehead atoms. The minimum absolute atomic E-state index is 0.0722. The van der Waals surface area contributed by atoms with Gasteiger partial charge in [0.1, 0.15) is 6.04 Å². The Balaban J connectivity index is 0.00000117. The number of nitrogens with one attached hydrogen (secondary N) is 2. The van der Waals surface area contributed by atoms with Crippen LogP contribution in [-0.4, -0.2) is 96.7 Å². The van der Waals surface area contributed by atoms with E-state index in [0.29, 0.717) is 31.5 Å². The summed E-state index contributed by atoms with van der Waals surface area (Å²) in [6.45, 7) is 26.8. The third-order valence-corrected chi connectivity index (χ3v) is 7.73. The van der Waals surface area contributed by atoms with Crippen LogP contribution in [0.2, 0.25) is 0 Å². The molecule has 2 fully saturated rings. The molecular weight excluding hydrogens is 554 g/mol. The summed E-state index contributed by atoms with van der Waals surface area (Å²) in [7, 11) is 1.66. The number of carbonyl (C=O) groups excluding carboxylic acids is 4. The highest BCUT2D eigenvalue weighted by molar-refractivity contribution is 5.97. The number of amides is 4. The minimum Gasteiger partial charge on any atom is -0.354 e. The molecule has 0 aliphatic carbocycles. The molecule has 4 amide bonds. The first-order valence-electron chi connectivity index (χ1n) is 16.9. The number of likely N-dealkylation sites (N-methyl/N-ethyl adjacent to an activating group) is 1. The van der Waals surface area contributed by atoms with Crippen molar-refractivity contribution in [3.05, 3.63) is 11.6 Å². The normalized spacial score (nSPS) is 18.2. The zero-order valence-corrected chi connectivity index (χ0v) is 30.3. The lowest BCUT2D eigenvalue weighted by molar-refractivity contribution is -0.135. The number of carbonyl (C=O) groups is 4. The zero-order valence-electron chi connectivity index (χ0n) is 30.3. The van der Waals surface area contributed by atoms with Gasteiger partial charge in [0, 0.05) is 31.8 Å². The molecule has 0 aromatic carbocycles. The molecular formula is C35H67N5O4. The second-order valence-corrected chi connectivity index (χ2v) is 14.8. The maximum atomic E-state index is 13.1. The largest absolute Gasteiger partial charge is 0.354 e. The monoisotopic (exact) mass is 622 g/mol. The topological polar surface area (TPSA) is 102 Å². The van der Waals surface area contributed by atoms with Gasteiger partial charge in [-0.2, -0.15) is 0 Å². The Hall–Kier alpha value is -2.42. The van der Waals surface area contributed by atoms with E-state index >= 15 is 0 Å². The van der Waals surface area contributed by atoms with Crippen molar-refractivity contribution in [1.82, 2.24) is 25.3 Å². The second-order valence-electron chi connectivity index (χ2n) is 14.8. The van der Waals surface area contributed by atoms with Gasteiger partial charge in [-0.1, -0.05) is 67.9 Å². The molecule has 0 radical (unpaired) electrons. The van der Waals surface area contributed by atoms with Gasteiger partial charge in [-0.25, -0.2) is 0 Å². The quantitative estimate of drug-likeness (QED) is 0.243. The molecule has 9 heteroatoms. The molecule has 2 N–H and O–H groups in total. The minimum atomic E-state index is -0.454. The summed E-state index contributed by atoms with van der Waals surface area (Å²) in [4.78, 5) is 54.3. The highest BCUT2D eigenvalue weighted by atomic mass is 16.2. The Morgan fingerprint density at radius 2 is 1.50 bits per heavy atom. The summed E-state index contributed by atoms with van der Waals surface area (Å²) in [5.74, 6) is 0.393. The lowest BCUT2D eigenvalue weighted by Gasteiger charge is -2.30. The van der Waals surface area contributed by atoms with Crippen molar-refractivity contribution in [1.29, 1.82) is 0 Å². The van der Waals surface area contributed by atoms with Gasteiger partial charge < -0.3 is 25.3 Å². The summed E-state index contributed by atoms with van der Waals surface area (Å²) in [5, 5.41) is 5.35. The van der Waals surface area contributed by atoms with Gasteiger partial charge in [0.05, 0.1) is 12.6 Å². The number of nitrogens with zero attached hydrogens (tertiary/aromatic N) is 3. The first-order valence-corrected chi connectivity index (χ1v) is 16.9. The standard InChI is InChI=1S/C23H40N4O4.C8H17N.C4H10/c1-16(2)19(26(7)20(29)14-24-15-28)13-17(3)22(31)27-12-8-9-18(27)21(30)25-11-10-23(4,5)6;1-8(2)9-6-4-3-5-7-9;1-4(2)3/h13,15-16,18-19H,8-12,14H2,1-7H3,(H,24,28)(H,25,30);8H,3-7H2,1-2H3;4H,1-3H3/b17-13+;;/t18-,19?;;/m0../s1. The number of likely N-dealkylation sites (tertiary alicyclic amines) is 2. The summed E-state index contributed by atoms with van der Waals surface area (Å²) >= 11 is 0. The maximum absolute atomic E-state index is 13.1. The smallest absolute Gasteiger partial charge is 0.249 e. The van der Waals surface area contributed by atoms with Crippen LogP contribution in [0.1, 0.15) is 115 Å². The Morgan fingerprint density at radius 1 is 0.932 bits per heavy atom. The molecule has 2 aliphatic heterocycles. The molecule has 0 aromatic rings. The van der Waals surface area contributed by atoms with Crippen LogP contribution >= 0.6 is 0 Å². The van der Waals surface area contributed by atoms with Crippen molar-refractivity contribution >= 4 is 24.1 Å². The van der Waals surface area contributed by atoms with Gasteiger partial charge in [-0.05, 0) is 83.2 Å². The SMILES string of the molecule is C/C(=C\C(C(C)C)N(C)C(=O)CNC=O)C(=O)N1CCC[C@H]1C(=O)NCCC(C)(C)C.CC(C)C.CC(C)N1CCCCC1. The van der Waals surface area contributed by atoms with E-state index < -0.39 is 6.04 Å². The van der Waals surface area contributed by atoms with Gasteiger partial charge in [0.2, 0.25) is 24.1 Å². The first kappa shape index (κ1) is 41.6. The van der Waals surface area contributed by atoms with Crippen LogP contribution in [-0.2, 0) is 19.2 Å². The zero-order chi connectivity index (χ0) is 34.0. The fourth-order valence-electron chi connectivity index (χ4n) is 5.12. The number of hydrogen-bond donors (Lipinski definition) is 2. The molecule has 0 aromatic heterocycles. The van der Waals surface area contributed by atoms with Crippen molar-refractivity contribution in [3.63, 3.8) is 0 Å². The second kappa shape index (κ2) is 21.3. The molecule has 0 saturated carbocycles. The Kier molecular flexibility index (Phi) is 20.2. The lowest BCUT2D eigenvalue weighted by atomic mass is 9.92. The van der Waals surface area contributed by atoms with Crippen LogP contribution in [0.15, 0.2) is 11.6 Å². The predicted octanol–water partition coefficient (Wildman–Crippen LogP) is 5.25. The van der Waals surface area contributed by atoms with E-state index in [9.17, 15) is 19.2 Å². The number of hydrogen-bond acceptors (Lipinski definition) is 5. The molecule has 2 heterocycles. The van der Waals surface area contributed by atoms with Crippen LogP contribution in [0.4, 0.5) is 0 Å². The van der Waals surface area contributed by atoms with Crippen molar-refractivity contribution < 1.29 is 19.2 Å². The first-order chi connectivity index (χ1) is 20.4. The fourth-order valence-corrected chi connectivity index (χ4v) is 5.12. The Labute approximate surface area is 269 Å². The number of rotatable bonds is 11. The average molecular weight is 622 g/mol. The molecule has 256 valence electrons. The van der Waals surface area contributed by atoms with Crippen molar-refractivity contribution in [2.24, 2.45) is 17.3 Å². The van der Waals surface area contributed by atoms with Gasteiger partial charge >= 0.3 is 0 Å². The van der Waals surface area contributed by atoms with Gasteiger partial charge in [-0.3, -0.25) is 19.2 Å². The highest BCUT2D eigenvalue weighted by Crippen LogP contribution is 2.22. The highest BCUT2D eigenvalue weighted by Gasteiger charge is 2.35. The third kappa shape index (κ3) is 17.2. The van der Waals surface area contributed by atoms with Crippen LogP contribution in [0.25, 0.3) is 0 Å². The molecule has 2 rings (SSSR count). The Morgan fingerprint density at radius 3 is 1.95 bits per heavy atom. The predicted molar refractivity (Wildman–Crippen MR) is 182 cm³/mol. The molecule has 2 aliphatic rings. The summed E-state index contributed by atoms with van der Waals surface area (Å²) in [6.07, 6.45) is 8.87. The van der Waals surface area contributed by atoms with E-state index in [1.54, 1.807) is 29.8 Å². The van der Waals surface area contributed by atoms with Crippen molar-refractivity contribution in [2.45, 2.75) is 133 Å². The summed E-state index contributed by atoms with van der Waals surface area (Å²) in [5.41, 5.74) is 0.644. The summed E-state index contributed by atoms with van der Waals surface area (Å²) in [6, 6.07) is 0.0151. The van der Waals surface area contributed by atoms with E-state index in [-0.39, 0.29) is 41.6 Å². The maximum Gasteiger partial charge on any atom is 0.249 e. The molecule has 0 spiro atoms. The van der Waals surface area contributed by atoms with E-state index in [0.717, 1.165) is 24.8 Å². The van der Waals surface area contributed by atoms with Crippen LogP contribution in [0.5, 0.6) is 0 Å². The van der Waals surface area contributed by atoms with E-state index in [4.69, 9.17) is 0 Å². The van der Waals surface area contributed by atoms with E-state index in [1.165, 1.54) is 32.4 Å². The molecule has 44 heavy (non-hydrogen) atoms. The third-order valence-electron chi connectivity index (χ3n) is 7.73. The number of piperidine rings is 1. The van der Waals surface area contributed by atoms with E-state index in [2.05, 4.69) is 70.9 Å². The van der Waals surface area contributed by atoms with Crippen molar-refractivity contribution in [2.75, 3.05) is 39.8 Å². The van der Waals surface area contributed by atoms with Crippen molar-refractivity contribution in [3.8, 4) is 0 Å². The lowest BCUT2D eigenvalue weighted by Crippen LogP contribution is -2.47. The molecule has 2 atom stereocenters. The Bertz CT molecular complexity index is 885. The van der Waals surface area contributed by atoms with Gasteiger partial charge in [0.25, 0.3) is 0 Å². The molecule has 9 nitrogen and oxygen atoms in total. The average Bonchev–Trinajstić information content (AvgIpc) is 3.43.